The van der Waals surface area contributed by atoms with Crippen LogP contribution in [-0.2, 0) is 11.2 Å². The molecule has 1 aromatic carbocycles. The molecule has 0 aromatic heterocycles. The lowest BCUT2D eigenvalue weighted by molar-refractivity contribution is -0.174. The molecule has 2 N–H and O–H groups in total. The molecule has 0 bridgehead atoms. The van der Waals surface area contributed by atoms with Gasteiger partial charge in [-0.25, -0.2) is 4.79 Å². The maximum Gasteiger partial charge on any atom is 0.471 e. The molecule has 1 amide bonds. The molecule has 0 unspecified atom stereocenters. The number of hydrogen-bond acceptors (Lipinski definition) is 2. The Bertz CT molecular complexity index is 500. The van der Waals surface area contributed by atoms with Gasteiger partial charge in [-0.2, -0.15) is 13.2 Å². The molecule has 0 aliphatic carbocycles. The molecule has 0 aliphatic heterocycles. The molecule has 0 spiro atoms. The van der Waals surface area contributed by atoms with Crippen LogP contribution in [0, 0.1) is 0 Å². The Morgan fingerprint density at radius 2 is 2.00 bits per heavy atom. The number of aromatic carboxylic acids is 1. The Balaban J connectivity index is 2.53. The predicted molar refractivity (Wildman–Crippen MR) is 65.4 cm³/mol. The lowest BCUT2D eigenvalue weighted by Crippen LogP contribution is -2.42. The van der Waals surface area contributed by atoms with E-state index in [1.54, 1.807) is 12.1 Å². The van der Waals surface area contributed by atoms with Crippen LogP contribution in [0.15, 0.2) is 24.3 Å². The number of alkyl halides is 3. The van der Waals surface area contributed by atoms with Gasteiger partial charge in [0.1, 0.15) is 0 Å². The van der Waals surface area contributed by atoms with Gasteiger partial charge in [0.05, 0.1) is 5.56 Å². The number of benzene rings is 1. The Morgan fingerprint density at radius 3 is 2.55 bits per heavy atom. The molecule has 1 atom stereocenters. The number of hydrogen-bond donors (Lipinski definition) is 2. The second-order valence-corrected chi connectivity index (χ2v) is 4.42. The van der Waals surface area contributed by atoms with Crippen LogP contribution in [-0.4, -0.2) is 29.2 Å². The van der Waals surface area contributed by atoms with Crippen LogP contribution in [0.25, 0.3) is 0 Å². The summed E-state index contributed by atoms with van der Waals surface area (Å²) in [4.78, 5) is 21.5. The van der Waals surface area contributed by atoms with Gasteiger partial charge in [0.25, 0.3) is 0 Å². The van der Waals surface area contributed by atoms with Gasteiger partial charge >= 0.3 is 18.1 Å². The van der Waals surface area contributed by atoms with E-state index in [-0.39, 0.29) is 12.0 Å². The molecular formula is C13H14F3NO3. The molecule has 7 heteroatoms. The highest BCUT2D eigenvalue weighted by Crippen LogP contribution is 2.15. The highest BCUT2D eigenvalue weighted by molar-refractivity contribution is 5.87. The second-order valence-electron chi connectivity index (χ2n) is 4.42. The van der Waals surface area contributed by atoms with E-state index < -0.39 is 24.1 Å². The second kappa shape index (κ2) is 6.40. The predicted octanol–water partition coefficient (Wildman–Crippen LogP) is 2.38. The summed E-state index contributed by atoms with van der Waals surface area (Å²) in [6.07, 6.45) is -4.23. The van der Waals surface area contributed by atoms with E-state index in [0.717, 1.165) is 0 Å². The van der Waals surface area contributed by atoms with Crippen molar-refractivity contribution in [2.24, 2.45) is 0 Å². The van der Waals surface area contributed by atoms with Crippen molar-refractivity contribution in [2.75, 3.05) is 0 Å². The van der Waals surface area contributed by atoms with Gasteiger partial charge in [-0.15, -0.1) is 0 Å². The summed E-state index contributed by atoms with van der Waals surface area (Å²) in [5.41, 5.74) is 0.812. The minimum Gasteiger partial charge on any atom is -0.478 e. The van der Waals surface area contributed by atoms with Crippen LogP contribution in [0.5, 0.6) is 0 Å². The smallest absolute Gasteiger partial charge is 0.471 e. The zero-order valence-corrected chi connectivity index (χ0v) is 10.7. The average Bonchev–Trinajstić information content (AvgIpc) is 2.35. The van der Waals surface area contributed by atoms with E-state index in [2.05, 4.69) is 0 Å². The van der Waals surface area contributed by atoms with Crippen LogP contribution < -0.4 is 5.32 Å². The molecule has 0 saturated heterocycles. The molecule has 0 saturated carbocycles. The summed E-state index contributed by atoms with van der Waals surface area (Å²) < 4.78 is 36.1. The first kappa shape index (κ1) is 16.0. The van der Waals surface area contributed by atoms with Gasteiger partial charge in [-0.1, -0.05) is 12.1 Å². The van der Waals surface area contributed by atoms with Gasteiger partial charge in [0.2, 0.25) is 0 Å². The van der Waals surface area contributed by atoms with Gasteiger partial charge in [0.15, 0.2) is 0 Å². The fourth-order valence-electron chi connectivity index (χ4n) is 1.62. The van der Waals surface area contributed by atoms with Crippen molar-refractivity contribution < 1.29 is 27.9 Å². The van der Waals surface area contributed by atoms with Gasteiger partial charge < -0.3 is 10.4 Å². The van der Waals surface area contributed by atoms with Crippen molar-refractivity contribution in [2.45, 2.75) is 32.0 Å². The topological polar surface area (TPSA) is 66.4 Å². The van der Waals surface area contributed by atoms with Gasteiger partial charge in [-0.05, 0) is 37.5 Å². The van der Waals surface area contributed by atoms with E-state index in [1.807, 2.05) is 5.32 Å². The van der Waals surface area contributed by atoms with E-state index in [1.165, 1.54) is 19.1 Å². The molecule has 0 fully saturated rings. The molecule has 4 nitrogen and oxygen atoms in total. The van der Waals surface area contributed by atoms with Crippen molar-refractivity contribution >= 4 is 11.9 Å². The minimum absolute atomic E-state index is 0.120. The molecule has 20 heavy (non-hydrogen) atoms. The Morgan fingerprint density at radius 1 is 1.35 bits per heavy atom. The zero-order valence-electron chi connectivity index (χ0n) is 10.7. The Kier molecular flexibility index (Phi) is 5.12. The molecular weight excluding hydrogens is 275 g/mol. The van der Waals surface area contributed by atoms with E-state index >= 15 is 0 Å². The number of nitrogens with one attached hydrogen (secondary N) is 1. The van der Waals surface area contributed by atoms with Crippen molar-refractivity contribution in [1.82, 2.24) is 5.32 Å². The van der Waals surface area contributed by atoms with Crippen molar-refractivity contribution in [3.63, 3.8) is 0 Å². The van der Waals surface area contributed by atoms with E-state index in [4.69, 9.17) is 5.11 Å². The monoisotopic (exact) mass is 289 g/mol. The van der Waals surface area contributed by atoms with Gasteiger partial charge in [0, 0.05) is 6.04 Å². The number of amides is 1. The Labute approximate surface area is 113 Å². The average molecular weight is 289 g/mol. The summed E-state index contributed by atoms with van der Waals surface area (Å²) in [5.74, 6) is -3.03. The van der Waals surface area contributed by atoms with Gasteiger partial charge in [-0.3, -0.25) is 4.79 Å². The lowest BCUT2D eigenvalue weighted by Gasteiger charge is -2.15. The maximum absolute atomic E-state index is 12.0. The van der Waals surface area contributed by atoms with E-state index in [0.29, 0.717) is 12.0 Å². The van der Waals surface area contributed by atoms with Crippen LogP contribution in [0.2, 0.25) is 0 Å². The largest absolute Gasteiger partial charge is 0.478 e. The highest BCUT2D eigenvalue weighted by Gasteiger charge is 2.39. The van der Waals surface area contributed by atoms with Crippen LogP contribution >= 0.6 is 0 Å². The number of aryl methyl sites for hydroxylation is 1. The molecule has 1 rings (SSSR count). The minimum atomic E-state index is -4.89. The molecule has 0 radical (unpaired) electrons. The quantitative estimate of drug-likeness (QED) is 0.874. The van der Waals surface area contributed by atoms with Crippen LogP contribution in [0.3, 0.4) is 0 Å². The number of carboxylic acid groups (broad SMARTS) is 1. The van der Waals surface area contributed by atoms with Crippen LogP contribution in [0.1, 0.15) is 29.3 Å². The number of halogens is 3. The number of carboxylic acids is 1. The molecule has 1 aromatic rings. The molecule has 0 aliphatic rings. The SMILES string of the molecule is C[C@H](CCc1cccc(C(=O)O)c1)NC(=O)C(F)(F)F. The third-order valence-corrected chi connectivity index (χ3v) is 2.67. The third-order valence-electron chi connectivity index (χ3n) is 2.67. The van der Waals surface area contributed by atoms with E-state index in [9.17, 15) is 22.8 Å². The van der Waals surface area contributed by atoms with Crippen LogP contribution in [0.4, 0.5) is 13.2 Å². The standard InChI is InChI=1S/C13H14F3NO3/c1-8(17-12(20)13(14,15)16)5-6-9-3-2-4-10(7-9)11(18)19/h2-4,7-8H,5-6H2,1H3,(H,17,20)(H,18,19)/t8-/m1/s1. The maximum atomic E-state index is 12.0. The summed E-state index contributed by atoms with van der Waals surface area (Å²) >= 11 is 0. The highest BCUT2D eigenvalue weighted by atomic mass is 19.4. The fraction of sp³-hybridized carbons (Fsp3) is 0.385. The number of rotatable bonds is 5. The molecule has 110 valence electrons. The normalized spacial score (nSPS) is 12.8. The van der Waals surface area contributed by atoms with Crippen molar-refractivity contribution in [3.05, 3.63) is 35.4 Å². The summed E-state index contributed by atoms with van der Waals surface area (Å²) in [5, 5.41) is 10.7. The lowest BCUT2D eigenvalue weighted by atomic mass is 10.0. The first-order valence-electron chi connectivity index (χ1n) is 5.90. The first-order chi connectivity index (χ1) is 9.20. The summed E-state index contributed by atoms with van der Waals surface area (Å²) in [6.45, 7) is 1.46. The first-order valence-corrected chi connectivity index (χ1v) is 5.90. The molecule has 0 heterocycles. The van der Waals surface area contributed by atoms with Crippen molar-refractivity contribution in [3.8, 4) is 0 Å². The summed E-state index contributed by atoms with van der Waals surface area (Å²) in [6, 6.07) is 5.49. The zero-order chi connectivity index (χ0) is 15.3. The number of carbonyl (C=O) groups is 2. The van der Waals surface area contributed by atoms with Crippen molar-refractivity contribution in [1.29, 1.82) is 0 Å². The third kappa shape index (κ3) is 4.91. The Hall–Kier alpha value is -2.05. The number of carbonyl (C=O) groups excluding carboxylic acids is 1. The fourth-order valence-corrected chi connectivity index (χ4v) is 1.62. The summed E-state index contributed by atoms with van der Waals surface area (Å²) in [7, 11) is 0.